The van der Waals surface area contributed by atoms with Gasteiger partial charge in [0.2, 0.25) is 5.91 Å². The molecule has 2 heterocycles. The Balaban J connectivity index is 1.53. The van der Waals surface area contributed by atoms with E-state index in [1.54, 1.807) is 18.5 Å². The monoisotopic (exact) mass is 497 g/mol. The topological polar surface area (TPSA) is 72.7 Å². The number of anilines is 1. The summed E-state index contributed by atoms with van der Waals surface area (Å²) < 4.78 is 16.5. The van der Waals surface area contributed by atoms with Crippen LogP contribution in [0.4, 0.5) is 10.1 Å². The summed E-state index contributed by atoms with van der Waals surface area (Å²) >= 11 is 4.44. The molecule has 0 aliphatic carbocycles. The third kappa shape index (κ3) is 5.36. The minimum Gasteiger partial charge on any atom is -0.323 e. The predicted molar refractivity (Wildman–Crippen MR) is 122 cm³/mol. The molecule has 1 N–H and O–H groups in total. The number of thioether (sulfide) groups is 1. The van der Waals surface area contributed by atoms with Gasteiger partial charge >= 0.3 is 0 Å². The van der Waals surface area contributed by atoms with Gasteiger partial charge in [0.25, 0.3) is 0 Å². The van der Waals surface area contributed by atoms with Crippen LogP contribution in [0.1, 0.15) is 5.56 Å². The van der Waals surface area contributed by atoms with Gasteiger partial charge < -0.3 is 5.32 Å². The maximum absolute atomic E-state index is 14.0. The van der Waals surface area contributed by atoms with Gasteiger partial charge in [-0.2, -0.15) is 0 Å². The molecule has 0 spiro atoms. The lowest BCUT2D eigenvalue weighted by Gasteiger charge is -2.11. The van der Waals surface area contributed by atoms with Crippen LogP contribution in [0.5, 0.6) is 0 Å². The van der Waals surface area contributed by atoms with Crippen molar-refractivity contribution in [1.82, 2.24) is 19.7 Å². The highest BCUT2D eigenvalue weighted by molar-refractivity contribution is 9.10. The second kappa shape index (κ2) is 9.84. The Morgan fingerprint density at radius 1 is 1.10 bits per heavy atom. The third-order valence-corrected chi connectivity index (χ3v) is 5.82. The van der Waals surface area contributed by atoms with Crippen LogP contribution in [0.15, 0.2) is 82.7 Å². The van der Waals surface area contributed by atoms with Crippen molar-refractivity contribution in [1.29, 1.82) is 0 Å². The maximum atomic E-state index is 14.0. The first-order valence-corrected chi connectivity index (χ1v) is 11.1. The zero-order valence-electron chi connectivity index (χ0n) is 16.2. The summed E-state index contributed by atoms with van der Waals surface area (Å²) in [6.45, 7) is 0.545. The van der Waals surface area contributed by atoms with Crippen molar-refractivity contribution in [3.8, 4) is 11.4 Å². The van der Waals surface area contributed by atoms with Crippen LogP contribution in [0, 0.1) is 5.82 Å². The molecule has 9 heteroatoms. The van der Waals surface area contributed by atoms with Crippen LogP contribution < -0.4 is 5.32 Å². The average molecular weight is 498 g/mol. The van der Waals surface area contributed by atoms with Crippen LogP contribution >= 0.6 is 27.7 Å². The summed E-state index contributed by atoms with van der Waals surface area (Å²) in [7, 11) is 0. The van der Waals surface area contributed by atoms with Crippen molar-refractivity contribution < 1.29 is 9.18 Å². The molecule has 0 aliphatic rings. The Morgan fingerprint density at radius 2 is 1.94 bits per heavy atom. The molecule has 4 rings (SSSR count). The number of nitrogens with zero attached hydrogens (tertiary/aromatic N) is 4. The van der Waals surface area contributed by atoms with E-state index >= 15 is 0 Å². The van der Waals surface area contributed by atoms with Crippen molar-refractivity contribution >= 4 is 39.3 Å². The van der Waals surface area contributed by atoms with E-state index in [9.17, 15) is 9.18 Å². The van der Waals surface area contributed by atoms with Gasteiger partial charge in [0.15, 0.2) is 11.0 Å². The van der Waals surface area contributed by atoms with Crippen molar-refractivity contribution in [2.24, 2.45) is 0 Å². The van der Waals surface area contributed by atoms with E-state index in [4.69, 9.17) is 0 Å². The summed E-state index contributed by atoms with van der Waals surface area (Å²) in [5, 5.41) is 11.8. The summed E-state index contributed by atoms with van der Waals surface area (Å²) in [4.78, 5) is 16.6. The molecule has 0 unspecified atom stereocenters. The van der Waals surface area contributed by atoms with Gasteiger partial charge in [0.1, 0.15) is 5.82 Å². The van der Waals surface area contributed by atoms with Gasteiger partial charge in [-0.15, -0.1) is 10.2 Å². The van der Waals surface area contributed by atoms with E-state index in [1.165, 1.54) is 23.9 Å². The number of amides is 1. The van der Waals surface area contributed by atoms with E-state index in [0.29, 0.717) is 22.0 Å². The molecule has 0 saturated carbocycles. The fraction of sp³-hybridized carbons (Fsp3) is 0.0909. The molecule has 0 atom stereocenters. The lowest BCUT2D eigenvalue weighted by atomic mass is 10.2. The number of aromatic nitrogens is 4. The molecular weight excluding hydrogens is 481 g/mol. The highest BCUT2D eigenvalue weighted by Gasteiger charge is 2.17. The highest BCUT2D eigenvalue weighted by atomic mass is 79.9. The van der Waals surface area contributed by atoms with Crippen LogP contribution in [0.2, 0.25) is 0 Å². The molecule has 1 amide bonds. The minimum atomic E-state index is -0.501. The molecule has 4 aromatic rings. The SMILES string of the molecule is O=C(CSc1nnc(-c2cccnc2)n1Cc1ccccc1)Nc1ccc(Br)cc1F. The number of hydrogen-bond donors (Lipinski definition) is 1. The first kappa shape index (κ1) is 21.2. The fourth-order valence-electron chi connectivity index (χ4n) is 2.92. The summed E-state index contributed by atoms with van der Waals surface area (Å²) in [6, 6.07) is 18.2. The number of carbonyl (C=O) groups is 1. The van der Waals surface area contributed by atoms with Gasteiger partial charge in [0.05, 0.1) is 18.0 Å². The Hall–Kier alpha value is -3.04. The number of benzene rings is 2. The maximum Gasteiger partial charge on any atom is 0.234 e. The minimum absolute atomic E-state index is 0.0649. The van der Waals surface area contributed by atoms with E-state index < -0.39 is 5.82 Å². The molecule has 156 valence electrons. The molecule has 0 radical (unpaired) electrons. The van der Waals surface area contributed by atoms with Gasteiger partial charge in [-0.3, -0.25) is 14.3 Å². The van der Waals surface area contributed by atoms with Crippen molar-refractivity contribution in [2.75, 3.05) is 11.1 Å². The van der Waals surface area contributed by atoms with Gasteiger partial charge in [-0.05, 0) is 35.9 Å². The molecule has 2 aromatic heterocycles. The van der Waals surface area contributed by atoms with Crippen molar-refractivity contribution in [2.45, 2.75) is 11.7 Å². The second-order valence-electron chi connectivity index (χ2n) is 6.58. The fourth-order valence-corrected chi connectivity index (χ4v) is 3.99. The summed E-state index contributed by atoms with van der Waals surface area (Å²) in [5.41, 5.74) is 2.05. The number of carbonyl (C=O) groups excluding carboxylic acids is 1. The lowest BCUT2D eigenvalue weighted by molar-refractivity contribution is -0.113. The summed E-state index contributed by atoms with van der Waals surface area (Å²) in [5.74, 6) is -0.101. The number of hydrogen-bond acceptors (Lipinski definition) is 5. The van der Waals surface area contributed by atoms with Crippen LogP contribution in [0.3, 0.4) is 0 Å². The zero-order chi connectivity index (χ0) is 21.6. The zero-order valence-corrected chi connectivity index (χ0v) is 18.6. The van der Waals surface area contributed by atoms with Gasteiger partial charge in [-0.25, -0.2) is 4.39 Å². The summed E-state index contributed by atoms with van der Waals surface area (Å²) in [6.07, 6.45) is 3.42. The normalized spacial score (nSPS) is 10.8. The quantitative estimate of drug-likeness (QED) is 0.363. The van der Waals surface area contributed by atoms with Crippen LogP contribution in [-0.2, 0) is 11.3 Å². The number of rotatable bonds is 7. The largest absolute Gasteiger partial charge is 0.323 e. The molecule has 0 aliphatic heterocycles. The van der Waals surface area contributed by atoms with Crippen LogP contribution in [-0.4, -0.2) is 31.4 Å². The molecular formula is C22H17BrFN5OS. The number of nitrogens with one attached hydrogen (secondary N) is 1. The highest BCUT2D eigenvalue weighted by Crippen LogP contribution is 2.25. The average Bonchev–Trinajstić information content (AvgIpc) is 3.18. The van der Waals surface area contributed by atoms with Crippen LogP contribution in [0.25, 0.3) is 11.4 Å². The Labute approximate surface area is 191 Å². The molecule has 2 aromatic carbocycles. The Morgan fingerprint density at radius 3 is 2.68 bits per heavy atom. The van der Waals surface area contributed by atoms with E-state index in [2.05, 4.69) is 36.4 Å². The second-order valence-corrected chi connectivity index (χ2v) is 8.44. The first-order valence-electron chi connectivity index (χ1n) is 9.35. The van der Waals surface area contributed by atoms with Crippen molar-refractivity contribution in [3.63, 3.8) is 0 Å². The number of pyridine rings is 1. The standard InChI is InChI=1S/C22H17BrFN5OS/c23-17-8-9-19(18(24)11-17)26-20(30)14-31-22-28-27-21(16-7-4-10-25-12-16)29(22)13-15-5-2-1-3-6-15/h1-12H,13-14H2,(H,26,30). The Bertz CT molecular complexity index is 1190. The first-order chi connectivity index (χ1) is 15.1. The number of halogens is 2. The van der Waals surface area contributed by atoms with E-state index in [1.807, 2.05) is 47.0 Å². The van der Waals surface area contributed by atoms with Crippen molar-refractivity contribution in [3.05, 3.63) is 88.9 Å². The Kier molecular flexibility index (Phi) is 6.73. The van der Waals surface area contributed by atoms with Gasteiger partial charge in [-0.1, -0.05) is 58.0 Å². The smallest absolute Gasteiger partial charge is 0.234 e. The molecule has 0 saturated heterocycles. The lowest BCUT2D eigenvalue weighted by Crippen LogP contribution is -2.15. The third-order valence-electron chi connectivity index (χ3n) is 4.36. The predicted octanol–water partition coefficient (Wildman–Crippen LogP) is 5.02. The molecule has 0 bridgehead atoms. The molecule has 31 heavy (non-hydrogen) atoms. The molecule has 6 nitrogen and oxygen atoms in total. The van der Waals surface area contributed by atoms with Gasteiger partial charge in [0, 0.05) is 22.4 Å². The van der Waals surface area contributed by atoms with E-state index in [0.717, 1.165) is 11.1 Å². The molecule has 0 fully saturated rings. The van der Waals surface area contributed by atoms with E-state index in [-0.39, 0.29) is 17.3 Å².